The highest BCUT2D eigenvalue weighted by atomic mass is 16.5. The lowest BCUT2D eigenvalue weighted by Crippen LogP contribution is -2.03. The SMILES string of the molecule is CCOC(=O)CCCCc1ccc(Oc2ccc(C)cn2)cc1. The lowest BCUT2D eigenvalue weighted by molar-refractivity contribution is -0.143. The van der Waals surface area contributed by atoms with Gasteiger partial charge in [0.2, 0.25) is 5.88 Å². The molecule has 0 bridgehead atoms. The Bertz CT molecular complexity index is 606. The van der Waals surface area contributed by atoms with Crippen LogP contribution in [-0.2, 0) is 16.0 Å². The number of hydrogen-bond acceptors (Lipinski definition) is 4. The molecule has 0 atom stereocenters. The van der Waals surface area contributed by atoms with E-state index in [-0.39, 0.29) is 5.97 Å². The molecule has 0 fully saturated rings. The van der Waals surface area contributed by atoms with Crippen LogP contribution in [0, 0.1) is 6.92 Å². The molecule has 0 N–H and O–H groups in total. The van der Waals surface area contributed by atoms with Gasteiger partial charge >= 0.3 is 5.97 Å². The van der Waals surface area contributed by atoms with Crippen LogP contribution in [0.25, 0.3) is 0 Å². The summed E-state index contributed by atoms with van der Waals surface area (Å²) in [5.41, 5.74) is 2.34. The summed E-state index contributed by atoms with van der Waals surface area (Å²) in [7, 11) is 0. The topological polar surface area (TPSA) is 48.4 Å². The Labute approximate surface area is 137 Å². The van der Waals surface area contributed by atoms with Crippen molar-refractivity contribution in [1.29, 1.82) is 0 Å². The van der Waals surface area contributed by atoms with Gasteiger partial charge in [0.1, 0.15) is 5.75 Å². The van der Waals surface area contributed by atoms with Crippen molar-refractivity contribution in [1.82, 2.24) is 4.98 Å². The van der Waals surface area contributed by atoms with Gasteiger partial charge in [0, 0.05) is 18.7 Å². The zero-order valence-electron chi connectivity index (χ0n) is 13.7. The molecule has 2 aromatic rings. The summed E-state index contributed by atoms with van der Waals surface area (Å²) >= 11 is 0. The number of esters is 1. The molecule has 1 aromatic heterocycles. The number of carbonyl (C=O) groups excluding carboxylic acids is 1. The van der Waals surface area contributed by atoms with Crippen LogP contribution in [0.15, 0.2) is 42.6 Å². The third-order valence-electron chi connectivity index (χ3n) is 3.43. The number of carbonyl (C=O) groups is 1. The van der Waals surface area contributed by atoms with Crippen LogP contribution in [0.1, 0.15) is 37.3 Å². The van der Waals surface area contributed by atoms with E-state index in [1.807, 2.05) is 50.2 Å². The molecule has 122 valence electrons. The summed E-state index contributed by atoms with van der Waals surface area (Å²) in [4.78, 5) is 15.5. The van der Waals surface area contributed by atoms with Gasteiger partial charge in [-0.1, -0.05) is 18.2 Å². The molecular weight excluding hydrogens is 290 g/mol. The van der Waals surface area contributed by atoms with Crippen molar-refractivity contribution in [3.63, 3.8) is 0 Å². The largest absolute Gasteiger partial charge is 0.466 e. The van der Waals surface area contributed by atoms with Gasteiger partial charge in [-0.25, -0.2) is 4.98 Å². The lowest BCUT2D eigenvalue weighted by Gasteiger charge is -2.06. The van der Waals surface area contributed by atoms with Crippen LogP contribution in [0.3, 0.4) is 0 Å². The first-order valence-electron chi connectivity index (χ1n) is 8.02. The van der Waals surface area contributed by atoms with E-state index >= 15 is 0 Å². The Hall–Kier alpha value is -2.36. The maximum absolute atomic E-state index is 11.2. The zero-order valence-corrected chi connectivity index (χ0v) is 13.7. The number of unbranched alkanes of at least 4 members (excludes halogenated alkanes) is 1. The second-order valence-electron chi connectivity index (χ2n) is 5.43. The Morgan fingerprint density at radius 1 is 1.09 bits per heavy atom. The average Bonchev–Trinajstić information content (AvgIpc) is 2.55. The second-order valence-corrected chi connectivity index (χ2v) is 5.43. The van der Waals surface area contributed by atoms with Crippen molar-refractivity contribution in [3.8, 4) is 11.6 Å². The maximum Gasteiger partial charge on any atom is 0.305 e. The molecule has 0 aliphatic rings. The highest BCUT2D eigenvalue weighted by Gasteiger charge is 2.02. The van der Waals surface area contributed by atoms with Crippen LogP contribution >= 0.6 is 0 Å². The minimum absolute atomic E-state index is 0.109. The van der Waals surface area contributed by atoms with Gasteiger partial charge in [-0.2, -0.15) is 0 Å². The maximum atomic E-state index is 11.2. The van der Waals surface area contributed by atoms with Crippen LogP contribution in [0.4, 0.5) is 0 Å². The summed E-state index contributed by atoms with van der Waals surface area (Å²) in [6.45, 7) is 4.28. The van der Waals surface area contributed by atoms with Crippen molar-refractivity contribution < 1.29 is 14.3 Å². The molecule has 4 nitrogen and oxygen atoms in total. The van der Waals surface area contributed by atoms with E-state index in [4.69, 9.17) is 9.47 Å². The first kappa shape index (κ1) is 17.0. The lowest BCUT2D eigenvalue weighted by atomic mass is 10.1. The summed E-state index contributed by atoms with van der Waals surface area (Å²) < 4.78 is 10.6. The van der Waals surface area contributed by atoms with E-state index in [9.17, 15) is 4.79 Å². The number of ether oxygens (including phenoxy) is 2. The number of pyridine rings is 1. The highest BCUT2D eigenvalue weighted by Crippen LogP contribution is 2.20. The van der Waals surface area contributed by atoms with E-state index in [2.05, 4.69) is 4.98 Å². The molecule has 0 radical (unpaired) electrons. The van der Waals surface area contributed by atoms with Crippen LogP contribution < -0.4 is 4.74 Å². The Kier molecular flexibility index (Phi) is 6.60. The smallest absolute Gasteiger partial charge is 0.305 e. The highest BCUT2D eigenvalue weighted by molar-refractivity contribution is 5.69. The summed E-state index contributed by atoms with van der Waals surface area (Å²) in [6.07, 6.45) is 5.05. The van der Waals surface area contributed by atoms with Gasteiger partial charge in [0.25, 0.3) is 0 Å². The van der Waals surface area contributed by atoms with Gasteiger partial charge in [-0.15, -0.1) is 0 Å². The van der Waals surface area contributed by atoms with E-state index < -0.39 is 0 Å². The van der Waals surface area contributed by atoms with Crippen LogP contribution in [0.5, 0.6) is 11.6 Å². The van der Waals surface area contributed by atoms with E-state index in [0.29, 0.717) is 18.9 Å². The Balaban J connectivity index is 1.76. The van der Waals surface area contributed by atoms with E-state index in [1.54, 1.807) is 6.20 Å². The molecule has 1 heterocycles. The average molecular weight is 313 g/mol. The number of rotatable bonds is 8. The third kappa shape index (κ3) is 6.10. The summed E-state index contributed by atoms with van der Waals surface area (Å²) in [5.74, 6) is 1.26. The fourth-order valence-corrected chi connectivity index (χ4v) is 2.19. The van der Waals surface area contributed by atoms with Gasteiger partial charge in [-0.3, -0.25) is 4.79 Å². The predicted molar refractivity (Wildman–Crippen MR) is 89.7 cm³/mol. The summed E-state index contributed by atoms with van der Waals surface area (Å²) in [5, 5.41) is 0. The number of aryl methyl sites for hydroxylation is 2. The molecule has 1 aromatic carbocycles. The standard InChI is InChI=1S/C19H23NO3/c1-3-22-19(21)7-5-4-6-16-9-11-17(12-10-16)23-18-13-8-15(2)14-20-18/h8-14H,3-7H2,1-2H3. The predicted octanol–water partition coefficient (Wildman–Crippen LogP) is 4.46. The fraction of sp³-hybridized carbons (Fsp3) is 0.368. The van der Waals surface area contributed by atoms with Gasteiger partial charge in [-0.05, 0) is 56.4 Å². The van der Waals surface area contributed by atoms with E-state index in [1.165, 1.54) is 5.56 Å². The molecule has 0 amide bonds. The van der Waals surface area contributed by atoms with Gasteiger partial charge < -0.3 is 9.47 Å². The Morgan fingerprint density at radius 2 is 1.87 bits per heavy atom. The van der Waals surface area contributed by atoms with Gasteiger partial charge in [0.15, 0.2) is 0 Å². The molecule has 0 unspecified atom stereocenters. The first-order chi connectivity index (χ1) is 11.2. The Morgan fingerprint density at radius 3 is 2.52 bits per heavy atom. The quantitative estimate of drug-likeness (QED) is 0.533. The molecule has 0 saturated heterocycles. The fourth-order valence-electron chi connectivity index (χ4n) is 2.19. The number of nitrogens with zero attached hydrogens (tertiary/aromatic N) is 1. The number of benzene rings is 1. The minimum Gasteiger partial charge on any atom is -0.466 e. The molecule has 2 rings (SSSR count). The first-order valence-corrected chi connectivity index (χ1v) is 8.02. The van der Waals surface area contributed by atoms with Crippen molar-refractivity contribution in [3.05, 3.63) is 53.7 Å². The van der Waals surface area contributed by atoms with Crippen molar-refractivity contribution in [2.75, 3.05) is 6.61 Å². The normalized spacial score (nSPS) is 10.3. The zero-order chi connectivity index (χ0) is 16.5. The molecular formula is C19H23NO3. The molecule has 0 aliphatic carbocycles. The molecule has 4 heteroatoms. The van der Waals surface area contributed by atoms with Crippen LogP contribution in [-0.4, -0.2) is 17.6 Å². The van der Waals surface area contributed by atoms with Crippen molar-refractivity contribution >= 4 is 5.97 Å². The monoisotopic (exact) mass is 313 g/mol. The molecule has 0 saturated carbocycles. The van der Waals surface area contributed by atoms with E-state index in [0.717, 1.165) is 30.6 Å². The number of aromatic nitrogens is 1. The van der Waals surface area contributed by atoms with Crippen molar-refractivity contribution in [2.45, 2.75) is 39.5 Å². The van der Waals surface area contributed by atoms with Gasteiger partial charge in [0.05, 0.1) is 6.61 Å². The number of hydrogen-bond donors (Lipinski definition) is 0. The molecule has 0 spiro atoms. The van der Waals surface area contributed by atoms with Crippen LogP contribution in [0.2, 0.25) is 0 Å². The minimum atomic E-state index is -0.109. The second kappa shape index (κ2) is 8.93. The van der Waals surface area contributed by atoms with Crippen molar-refractivity contribution in [2.24, 2.45) is 0 Å². The summed E-state index contributed by atoms with van der Waals surface area (Å²) in [6, 6.07) is 11.8. The molecule has 0 aliphatic heterocycles. The third-order valence-corrected chi connectivity index (χ3v) is 3.43. The molecule has 23 heavy (non-hydrogen) atoms.